The van der Waals surface area contributed by atoms with E-state index in [4.69, 9.17) is 9.47 Å². The first kappa shape index (κ1) is 17.9. The molecule has 1 heterocycles. The molecule has 0 aliphatic heterocycles. The van der Waals surface area contributed by atoms with E-state index in [-0.39, 0.29) is 0 Å². The second kappa shape index (κ2) is 8.45. The molecule has 1 aromatic heterocycles. The summed E-state index contributed by atoms with van der Waals surface area (Å²) in [4.78, 5) is 11.8. The van der Waals surface area contributed by atoms with Crippen LogP contribution in [-0.2, 0) is 22.7 Å². The van der Waals surface area contributed by atoms with E-state index in [0.29, 0.717) is 25.5 Å². The van der Waals surface area contributed by atoms with Crippen molar-refractivity contribution in [1.29, 1.82) is 0 Å². The number of ether oxygens (including phenoxy) is 2. The number of aryl methyl sites for hydroxylation is 1. The summed E-state index contributed by atoms with van der Waals surface area (Å²) in [5.74, 6) is -0.403. The minimum Gasteiger partial charge on any atom is -0.461 e. The third-order valence-electron chi connectivity index (χ3n) is 3.93. The van der Waals surface area contributed by atoms with Crippen LogP contribution in [0.1, 0.15) is 34.2 Å². The van der Waals surface area contributed by atoms with Gasteiger partial charge in [0.05, 0.1) is 25.5 Å². The van der Waals surface area contributed by atoms with Gasteiger partial charge >= 0.3 is 5.97 Å². The number of benzene rings is 2. The van der Waals surface area contributed by atoms with Gasteiger partial charge in [0.2, 0.25) is 0 Å². The SMILES string of the molecule is CCOC(=O)c1cc(C)n(-c2ccc(COCc3ccccc3)cc2)n1. The molecule has 5 heteroatoms. The molecule has 26 heavy (non-hydrogen) atoms. The molecule has 0 amide bonds. The molecule has 0 fully saturated rings. The number of esters is 1. The van der Waals surface area contributed by atoms with Crippen LogP contribution in [0.2, 0.25) is 0 Å². The molecular weight excluding hydrogens is 328 g/mol. The van der Waals surface area contributed by atoms with Gasteiger partial charge in [0.15, 0.2) is 5.69 Å². The van der Waals surface area contributed by atoms with Crippen LogP contribution in [0.4, 0.5) is 0 Å². The topological polar surface area (TPSA) is 53.4 Å². The van der Waals surface area contributed by atoms with E-state index in [1.807, 2.05) is 61.5 Å². The van der Waals surface area contributed by atoms with Gasteiger partial charge in [-0.3, -0.25) is 0 Å². The van der Waals surface area contributed by atoms with Gasteiger partial charge in [-0.2, -0.15) is 5.10 Å². The first-order valence-electron chi connectivity index (χ1n) is 8.62. The Kier molecular flexibility index (Phi) is 5.81. The summed E-state index contributed by atoms with van der Waals surface area (Å²) in [6.45, 7) is 5.15. The van der Waals surface area contributed by atoms with E-state index in [1.54, 1.807) is 17.7 Å². The van der Waals surface area contributed by atoms with E-state index in [9.17, 15) is 4.79 Å². The van der Waals surface area contributed by atoms with Crippen molar-refractivity contribution in [2.45, 2.75) is 27.1 Å². The molecule has 0 N–H and O–H groups in total. The number of nitrogens with zero attached hydrogens (tertiary/aromatic N) is 2. The normalized spacial score (nSPS) is 10.7. The lowest BCUT2D eigenvalue weighted by Gasteiger charge is -2.07. The van der Waals surface area contributed by atoms with Crippen LogP contribution in [-0.4, -0.2) is 22.4 Å². The molecule has 0 saturated carbocycles. The zero-order chi connectivity index (χ0) is 18.4. The van der Waals surface area contributed by atoms with Crippen LogP contribution < -0.4 is 0 Å². The van der Waals surface area contributed by atoms with Gasteiger partial charge in [0.1, 0.15) is 0 Å². The van der Waals surface area contributed by atoms with Gasteiger partial charge in [-0.25, -0.2) is 9.48 Å². The molecule has 3 rings (SSSR count). The largest absolute Gasteiger partial charge is 0.461 e. The van der Waals surface area contributed by atoms with E-state index >= 15 is 0 Å². The molecule has 0 bridgehead atoms. The predicted octanol–water partition coefficient (Wildman–Crippen LogP) is 4.07. The van der Waals surface area contributed by atoms with Crippen molar-refractivity contribution >= 4 is 5.97 Å². The summed E-state index contributed by atoms with van der Waals surface area (Å²) in [7, 11) is 0. The molecule has 2 aromatic carbocycles. The van der Waals surface area contributed by atoms with Gasteiger partial charge in [-0.1, -0.05) is 42.5 Å². The number of carbonyl (C=O) groups excluding carboxylic acids is 1. The van der Waals surface area contributed by atoms with E-state index < -0.39 is 5.97 Å². The Morgan fingerprint density at radius 1 is 1.00 bits per heavy atom. The highest BCUT2D eigenvalue weighted by Crippen LogP contribution is 2.15. The zero-order valence-electron chi connectivity index (χ0n) is 15.0. The molecule has 134 valence electrons. The Labute approximate surface area is 153 Å². The highest BCUT2D eigenvalue weighted by Gasteiger charge is 2.14. The van der Waals surface area contributed by atoms with E-state index in [1.165, 1.54) is 0 Å². The maximum Gasteiger partial charge on any atom is 0.358 e. The van der Waals surface area contributed by atoms with Crippen LogP contribution in [0, 0.1) is 6.92 Å². The summed E-state index contributed by atoms with van der Waals surface area (Å²) < 4.78 is 12.5. The van der Waals surface area contributed by atoms with Crippen LogP contribution >= 0.6 is 0 Å². The second-order valence-corrected chi connectivity index (χ2v) is 5.95. The number of hydrogen-bond donors (Lipinski definition) is 0. The van der Waals surface area contributed by atoms with Gasteiger partial charge in [0, 0.05) is 5.69 Å². The van der Waals surface area contributed by atoms with Crippen molar-refractivity contribution in [2.24, 2.45) is 0 Å². The fraction of sp³-hybridized carbons (Fsp3) is 0.238. The first-order chi connectivity index (χ1) is 12.7. The van der Waals surface area contributed by atoms with Crippen molar-refractivity contribution in [3.05, 3.63) is 83.2 Å². The molecule has 3 aromatic rings. The Bertz CT molecular complexity index is 855. The van der Waals surface area contributed by atoms with Gasteiger partial charge in [-0.15, -0.1) is 0 Å². The standard InChI is InChI=1S/C21H22N2O3/c1-3-26-21(24)20-13-16(2)23(22-20)19-11-9-18(10-12-19)15-25-14-17-7-5-4-6-8-17/h4-13H,3,14-15H2,1-2H3. The Morgan fingerprint density at radius 3 is 2.31 bits per heavy atom. The minimum atomic E-state index is -0.403. The number of hydrogen-bond acceptors (Lipinski definition) is 4. The highest BCUT2D eigenvalue weighted by molar-refractivity contribution is 5.87. The molecule has 0 unspecified atom stereocenters. The molecule has 0 radical (unpaired) electrons. The molecule has 0 aliphatic rings. The van der Waals surface area contributed by atoms with Gasteiger partial charge in [-0.05, 0) is 43.2 Å². The van der Waals surface area contributed by atoms with Crippen molar-refractivity contribution in [3.63, 3.8) is 0 Å². The minimum absolute atomic E-state index is 0.319. The lowest BCUT2D eigenvalue weighted by molar-refractivity contribution is 0.0519. The monoisotopic (exact) mass is 350 g/mol. The molecule has 0 saturated heterocycles. The zero-order valence-corrected chi connectivity index (χ0v) is 15.0. The maximum atomic E-state index is 11.8. The number of rotatable bonds is 7. The second-order valence-electron chi connectivity index (χ2n) is 5.95. The van der Waals surface area contributed by atoms with Gasteiger partial charge < -0.3 is 9.47 Å². The summed E-state index contributed by atoms with van der Waals surface area (Å²) in [5.41, 5.74) is 4.33. The fourth-order valence-electron chi connectivity index (χ4n) is 2.63. The third kappa shape index (κ3) is 4.37. The Balaban J connectivity index is 1.63. The van der Waals surface area contributed by atoms with Crippen molar-refractivity contribution in [3.8, 4) is 5.69 Å². The smallest absolute Gasteiger partial charge is 0.358 e. The summed E-state index contributed by atoms with van der Waals surface area (Å²) in [6.07, 6.45) is 0. The van der Waals surface area contributed by atoms with Crippen molar-refractivity contribution < 1.29 is 14.3 Å². The van der Waals surface area contributed by atoms with Crippen LogP contribution in [0.15, 0.2) is 60.7 Å². The lowest BCUT2D eigenvalue weighted by atomic mass is 10.2. The number of carbonyl (C=O) groups is 1. The van der Waals surface area contributed by atoms with E-state index in [2.05, 4.69) is 5.10 Å². The molecule has 0 spiro atoms. The maximum absolute atomic E-state index is 11.8. The number of aromatic nitrogens is 2. The molecule has 0 aliphatic carbocycles. The average molecular weight is 350 g/mol. The molecular formula is C21H22N2O3. The van der Waals surface area contributed by atoms with Crippen molar-refractivity contribution in [2.75, 3.05) is 6.61 Å². The molecule has 5 nitrogen and oxygen atoms in total. The quantitative estimate of drug-likeness (QED) is 0.603. The van der Waals surface area contributed by atoms with Gasteiger partial charge in [0.25, 0.3) is 0 Å². The molecule has 0 atom stereocenters. The fourth-order valence-corrected chi connectivity index (χ4v) is 2.63. The van der Waals surface area contributed by atoms with Crippen LogP contribution in [0.3, 0.4) is 0 Å². The van der Waals surface area contributed by atoms with E-state index in [0.717, 1.165) is 22.5 Å². The summed E-state index contributed by atoms with van der Waals surface area (Å²) in [6, 6.07) is 19.8. The highest BCUT2D eigenvalue weighted by atomic mass is 16.5. The lowest BCUT2D eigenvalue weighted by Crippen LogP contribution is -2.07. The average Bonchev–Trinajstić information content (AvgIpc) is 3.05. The summed E-state index contributed by atoms with van der Waals surface area (Å²) >= 11 is 0. The van der Waals surface area contributed by atoms with Crippen LogP contribution in [0.5, 0.6) is 0 Å². The Morgan fingerprint density at radius 2 is 1.65 bits per heavy atom. The van der Waals surface area contributed by atoms with Crippen molar-refractivity contribution in [1.82, 2.24) is 9.78 Å². The van der Waals surface area contributed by atoms with Crippen LogP contribution in [0.25, 0.3) is 5.69 Å². The predicted molar refractivity (Wildman–Crippen MR) is 99.2 cm³/mol. The Hall–Kier alpha value is -2.92. The first-order valence-corrected chi connectivity index (χ1v) is 8.62. The third-order valence-corrected chi connectivity index (χ3v) is 3.93. The summed E-state index contributed by atoms with van der Waals surface area (Å²) in [5, 5.41) is 4.34.